The molecule has 0 aromatic carbocycles. The fraction of sp³-hybridized carbons (Fsp3) is 0.714. The molecule has 1 aliphatic rings. The highest BCUT2D eigenvalue weighted by molar-refractivity contribution is 5.76. The van der Waals surface area contributed by atoms with Crippen molar-refractivity contribution in [3.63, 3.8) is 0 Å². The second-order valence-corrected chi connectivity index (χ2v) is 5.61. The number of hydrogen-bond donors (Lipinski definition) is 2. The highest BCUT2D eigenvalue weighted by Gasteiger charge is 2.35. The lowest BCUT2D eigenvalue weighted by atomic mass is 9.89. The van der Waals surface area contributed by atoms with E-state index in [4.69, 9.17) is 9.26 Å². The number of amides is 1. The van der Waals surface area contributed by atoms with E-state index in [1.807, 2.05) is 6.07 Å². The maximum absolute atomic E-state index is 11.5. The molecule has 2 heterocycles. The summed E-state index contributed by atoms with van der Waals surface area (Å²) in [4.78, 5) is 13.6. The summed E-state index contributed by atoms with van der Waals surface area (Å²) in [7, 11) is 3.19. The Hall–Kier alpha value is -1.44. The van der Waals surface area contributed by atoms with Crippen LogP contribution in [0.5, 0.6) is 0 Å². The van der Waals surface area contributed by atoms with Crippen molar-refractivity contribution in [2.45, 2.75) is 38.0 Å². The van der Waals surface area contributed by atoms with Gasteiger partial charge in [-0.15, -0.1) is 0 Å². The van der Waals surface area contributed by atoms with Crippen molar-refractivity contribution in [3.8, 4) is 0 Å². The molecule has 0 spiro atoms. The molecule has 1 aliphatic heterocycles. The second-order valence-electron chi connectivity index (χ2n) is 5.61. The third-order valence-corrected chi connectivity index (χ3v) is 3.68. The van der Waals surface area contributed by atoms with Crippen LogP contribution in [0.1, 0.15) is 30.7 Å². The molecule has 1 atom stereocenters. The van der Waals surface area contributed by atoms with Gasteiger partial charge in [0.1, 0.15) is 6.61 Å². The molecule has 1 saturated heterocycles. The van der Waals surface area contributed by atoms with Crippen molar-refractivity contribution in [2.75, 3.05) is 27.2 Å². The number of methoxy groups -OCH3 is 1. The fourth-order valence-corrected chi connectivity index (χ4v) is 2.74. The summed E-state index contributed by atoms with van der Waals surface area (Å²) in [5.41, 5.74) is -0.150. The molecular weight excluding hydrogens is 274 g/mol. The molecule has 7 nitrogen and oxygen atoms in total. The zero-order valence-electron chi connectivity index (χ0n) is 12.6. The van der Waals surface area contributed by atoms with Gasteiger partial charge in [-0.05, 0) is 19.4 Å². The summed E-state index contributed by atoms with van der Waals surface area (Å²) < 4.78 is 10.1. The van der Waals surface area contributed by atoms with E-state index in [-0.39, 0.29) is 12.3 Å². The molecule has 0 aliphatic carbocycles. The van der Waals surface area contributed by atoms with E-state index in [1.165, 1.54) is 0 Å². The van der Waals surface area contributed by atoms with Crippen LogP contribution >= 0.6 is 0 Å². The summed E-state index contributed by atoms with van der Waals surface area (Å²) in [6.07, 6.45) is 1.63. The number of likely N-dealkylation sites (tertiary alicyclic amines) is 1. The Labute approximate surface area is 124 Å². The van der Waals surface area contributed by atoms with Gasteiger partial charge in [0.25, 0.3) is 0 Å². The number of carbonyl (C=O) groups is 1. The van der Waals surface area contributed by atoms with E-state index < -0.39 is 5.60 Å². The van der Waals surface area contributed by atoms with Gasteiger partial charge in [0.05, 0.1) is 17.7 Å². The smallest absolute Gasteiger partial charge is 0.222 e. The summed E-state index contributed by atoms with van der Waals surface area (Å²) in [6.45, 7) is 2.34. The van der Waals surface area contributed by atoms with Crippen molar-refractivity contribution in [1.82, 2.24) is 15.4 Å². The van der Waals surface area contributed by atoms with Gasteiger partial charge < -0.3 is 19.7 Å². The highest BCUT2D eigenvalue weighted by atomic mass is 16.5. The third-order valence-electron chi connectivity index (χ3n) is 3.68. The van der Waals surface area contributed by atoms with E-state index in [0.29, 0.717) is 31.9 Å². The van der Waals surface area contributed by atoms with E-state index in [0.717, 1.165) is 18.7 Å². The minimum absolute atomic E-state index is 0.133. The van der Waals surface area contributed by atoms with Crippen LogP contribution in [0.15, 0.2) is 10.6 Å². The van der Waals surface area contributed by atoms with Gasteiger partial charge in [-0.25, -0.2) is 0 Å². The molecule has 118 valence electrons. The van der Waals surface area contributed by atoms with Crippen molar-refractivity contribution < 1.29 is 19.2 Å². The van der Waals surface area contributed by atoms with Gasteiger partial charge in [-0.2, -0.15) is 0 Å². The summed E-state index contributed by atoms with van der Waals surface area (Å²) in [5.74, 6) is 0.549. The van der Waals surface area contributed by atoms with Crippen LogP contribution in [-0.2, 0) is 22.7 Å². The number of β-amino-alcohol motifs (C(OH)–C–C–N with tert-alkyl or cyclic N) is 1. The first-order valence-corrected chi connectivity index (χ1v) is 7.13. The molecular formula is C14H23N3O4. The van der Waals surface area contributed by atoms with Gasteiger partial charge in [0, 0.05) is 33.3 Å². The maximum Gasteiger partial charge on any atom is 0.222 e. The molecule has 2 rings (SSSR count). The van der Waals surface area contributed by atoms with Crippen LogP contribution in [0.2, 0.25) is 0 Å². The number of piperidine rings is 1. The van der Waals surface area contributed by atoms with Gasteiger partial charge in [0.15, 0.2) is 5.76 Å². The summed E-state index contributed by atoms with van der Waals surface area (Å²) in [6, 6.07) is 1.86. The number of rotatable bonds is 6. The topological polar surface area (TPSA) is 87.8 Å². The summed E-state index contributed by atoms with van der Waals surface area (Å²) >= 11 is 0. The number of nitrogens with one attached hydrogen (secondary N) is 1. The number of aliphatic hydroxyl groups is 1. The van der Waals surface area contributed by atoms with Gasteiger partial charge in [0.2, 0.25) is 5.91 Å². The average molecular weight is 297 g/mol. The highest BCUT2D eigenvalue weighted by Crippen LogP contribution is 2.25. The molecule has 1 amide bonds. The molecule has 7 heteroatoms. The Morgan fingerprint density at radius 2 is 2.48 bits per heavy atom. The monoisotopic (exact) mass is 297 g/mol. The number of nitrogens with zero attached hydrogens (tertiary/aromatic N) is 2. The van der Waals surface area contributed by atoms with E-state index in [2.05, 4.69) is 15.4 Å². The first-order valence-electron chi connectivity index (χ1n) is 7.13. The molecule has 0 saturated carbocycles. The Morgan fingerprint density at radius 1 is 1.67 bits per heavy atom. The van der Waals surface area contributed by atoms with Gasteiger partial charge >= 0.3 is 0 Å². The lowest BCUT2D eigenvalue weighted by Gasteiger charge is -2.38. The minimum atomic E-state index is -0.961. The average Bonchev–Trinajstić information content (AvgIpc) is 2.86. The van der Waals surface area contributed by atoms with Crippen LogP contribution in [0, 0.1) is 0 Å². The van der Waals surface area contributed by atoms with E-state index in [1.54, 1.807) is 14.2 Å². The lowest BCUT2D eigenvalue weighted by molar-refractivity contribution is -0.128. The number of hydrogen-bond acceptors (Lipinski definition) is 6. The van der Waals surface area contributed by atoms with Crippen molar-refractivity contribution in [3.05, 3.63) is 17.5 Å². The first kappa shape index (κ1) is 15.9. The third kappa shape index (κ3) is 4.52. The first-order chi connectivity index (χ1) is 10.0. The van der Waals surface area contributed by atoms with Crippen LogP contribution in [-0.4, -0.2) is 53.9 Å². The minimum Gasteiger partial charge on any atom is -0.388 e. The van der Waals surface area contributed by atoms with Crippen molar-refractivity contribution in [2.24, 2.45) is 0 Å². The Balaban J connectivity index is 1.92. The lowest BCUT2D eigenvalue weighted by Crippen LogP contribution is -2.49. The molecule has 1 unspecified atom stereocenters. The predicted molar refractivity (Wildman–Crippen MR) is 75.4 cm³/mol. The Bertz CT molecular complexity index is 477. The number of aromatic nitrogens is 1. The Kier molecular flexibility index (Phi) is 5.33. The fourth-order valence-electron chi connectivity index (χ4n) is 2.74. The van der Waals surface area contributed by atoms with E-state index in [9.17, 15) is 9.90 Å². The maximum atomic E-state index is 11.5. The standard InChI is InChI=1S/C14H23N3O4/c1-15-13(18)7-14(19)4-3-5-17(10-14)8-11-6-12(9-20-2)21-16-11/h6,19H,3-5,7-10H2,1-2H3,(H,15,18). The molecule has 1 aromatic rings. The molecule has 2 N–H and O–H groups in total. The second kappa shape index (κ2) is 7.02. The van der Waals surface area contributed by atoms with Crippen LogP contribution in [0.3, 0.4) is 0 Å². The predicted octanol–water partition coefficient (Wildman–Crippen LogP) is 0.284. The van der Waals surface area contributed by atoms with Gasteiger partial charge in [-0.1, -0.05) is 5.16 Å². The molecule has 0 radical (unpaired) electrons. The number of ether oxygens (including phenoxy) is 1. The molecule has 21 heavy (non-hydrogen) atoms. The Morgan fingerprint density at radius 3 is 3.19 bits per heavy atom. The molecule has 0 bridgehead atoms. The SMILES string of the molecule is CNC(=O)CC1(O)CCCN(Cc2cc(COC)on2)C1. The van der Waals surface area contributed by atoms with Crippen molar-refractivity contribution >= 4 is 5.91 Å². The van der Waals surface area contributed by atoms with Crippen LogP contribution in [0.25, 0.3) is 0 Å². The summed E-state index contributed by atoms with van der Waals surface area (Å²) in [5, 5.41) is 17.1. The van der Waals surface area contributed by atoms with Crippen molar-refractivity contribution in [1.29, 1.82) is 0 Å². The number of carbonyl (C=O) groups excluding carboxylic acids is 1. The zero-order chi connectivity index (χ0) is 15.3. The van der Waals surface area contributed by atoms with Crippen LogP contribution < -0.4 is 5.32 Å². The zero-order valence-corrected chi connectivity index (χ0v) is 12.6. The molecule has 1 aromatic heterocycles. The van der Waals surface area contributed by atoms with Crippen LogP contribution in [0.4, 0.5) is 0 Å². The quantitative estimate of drug-likeness (QED) is 0.784. The van der Waals surface area contributed by atoms with E-state index >= 15 is 0 Å². The molecule has 1 fully saturated rings. The normalized spacial score (nSPS) is 23.2. The largest absolute Gasteiger partial charge is 0.388 e. The van der Waals surface area contributed by atoms with Gasteiger partial charge in [-0.3, -0.25) is 9.69 Å².